The summed E-state index contributed by atoms with van der Waals surface area (Å²) in [6.07, 6.45) is 2.76. The van der Waals surface area contributed by atoms with Gasteiger partial charge in [0.15, 0.2) is 11.6 Å². The highest BCUT2D eigenvalue weighted by Gasteiger charge is 2.45. The first-order valence-corrected chi connectivity index (χ1v) is 9.10. The van der Waals surface area contributed by atoms with Gasteiger partial charge in [0.05, 0.1) is 12.6 Å². The van der Waals surface area contributed by atoms with Crippen LogP contribution in [0.1, 0.15) is 12.5 Å². The summed E-state index contributed by atoms with van der Waals surface area (Å²) in [5, 5.41) is 4.79. The SMILES string of the molecule is O=C1C[C@H](n2nc(-c3ccncc3)n(-c3ccccc3)c2=S)[C@H]2CO[C@@H]1O2. The van der Waals surface area contributed by atoms with Gasteiger partial charge in [-0.25, -0.2) is 4.68 Å². The van der Waals surface area contributed by atoms with Crippen molar-refractivity contribution in [3.05, 3.63) is 59.6 Å². The van der Waals surface area contributed by atoms with E-state index in [-0.39, 0.29) is 17.9 Å². The number of pyridine rings is 1. The average molecular weight is 380 g/mol. The summed E-state index contributed by atoms with van der Waals surface area (Å²) < 4.78 is 15.3. The molecule has 2 aliphatic heterocycles. The van der Waals surface area contributed by atoms with Crippen LogP contribution in [-0.4, -0.2) is 44.1 Å². The zero-order chi connectivity index (χ0) is 18.4. The Morgan fingerprint density at radius 1 is 1.11 bits per heavy atom. The van der Waals surface area contributed by atoms with E-state index in [4.69, 9.17) is 26.8 Å². The lowest BCUT2D eigenvalue weighted by molar-refractivity contribution is -0.156. The molecule has 2 aliphatic rings. The van der Waals surface area contributed by atoms with Crippen LogP contribution in [-0.2, 0) is 14.3 Å². The number of benzene rings is 1. The van der Waals surface area contributed by atoms with Crippen molar-refractivity contribution in [1.82, 2.24) is 19.3 Å². The summed E-state index contributed by atoms with van der Waals surface area (Å²) in [5.74, 6) is 0.623. The quantitative estimate of drug-likeness (QED) is 0.651. The maximum absolute atomic E-state index is 12.2. The first-order chi connectivity index (χ1) is 13.2. The molecule has 5 rings (SSSR count). The van der Waals surface area contributed by atoms with Gasteiger partial charge in [-0.3, -0.25) is 14.3 Å². The molecule has 27 heavy (non-hydrogen) atoms. The summed E-state index contributed by atoms with van der Waals surface area (Å²) in [5.41, 5.74) is 1.80. The van der Waals surface area contributed by atoms with E-state index in [1.54, 1.807) is 17.1 Å². The Labute approximate surface area is 160 Å². The molecule has 7 nitrogen and oxygen atoms in total. The van der Waals surface area contributed by atoms with Crippen LogP contribution in [0, 0.1) is 4.77 Å². The molecule has 3 aromatic rings. The molecule has 0 N–H and O–H groups in total. The fourth-order valence-corrected chi connectivity index (χ4v) is 3.93. The number of hydrogen-bond acceptors (Lipinski definition) is 6. The molecule has 2 bridgehead atoms. The van der Waals surface area contributed by atoms with Crippen molar-refractivity contribution in [2.45, 2.75) is 24.9 Å². The van der Waals surface area contributed by atoms with E-state index in [2.05, 4.69) is 4.98 Å². The van der Waals surface area contributed by atoms with Gasteiger partial charge in [-0.1, -0.05) is 18.2 Å². The molecule has 0 spiro atoms. The summed E-state index contributed by atoms with van der Waals surface area (Å²) in [6, 6.07) is 13.3. The molecule has 0 saturated carbocycles. The fraction of sp³-hybridized carbons (Fsp3) is 0.263. The number of hydrogen-bond donors (Lipinski definition) is 0. The lowest BCUT2D eigenvalue weighted by Crippen LogP contribution is -2.37. The van der Waals surface area contributed by atoms with Gasteiger partial charge in [0.25, 0.3) is 0 Å². The van der Waals surface area contributed by atoms with Gasteiger partial charge in [0, 0.05) is 30.1 Å². The molecule has 0 aliphatic carbocycles. The van der Waals surface area contributed by atoms with Crippen LogP contribution >= 0.6 is 12.2 Å². The number of ether oxygens (including phenoxy) is 2. The normalized spacial score (nSPS) is 24.3. The van der Waals surface area contributed by atoms with Gasteiger partial charge >= 0.3 is 0 Å². The molecule has 2 fully saturated rings. The molecule has 0 amide bonds. The van der Waals surface area contributed by atoms with Crippen molar-refractivity contribution in [1.29, 1.82) is 0 Å². The van der Waals surface area contributed by atoms with Crippen molar-refractivity contribution in [2.75, 3.05) is 6.61 Å². The Hall–Kier alpha value is -2.68. The molecule has 1 aromatic carbocycles. The Kier molecular flexibility index (Phi) is 3.96. The third-order valence-electron chi connectivity index (χ3n) is 4.88. The minimum Gasteiger partial charge on any atom is -0.343 e. The summed E-state index contributed by atoms with van der Waals surface area (Å²) in [4.78, 5) is 16.3. The maximum atomic E-state index is 12.2. The Bertz CT molecular complexity index is 1050. The van der Waals surface area contributed by atoms with E-state index >= 15 is 0 Å². The Morgan fingerprint density at radius 2 is 1.89 bits per heavy atom. The summed E-state index contributed by atoms with van der Waals surface area (Å²) >= 11 is 5.77. The highest BCUT2D eigenvalue weighted by molar-refractivity contribution is 7.71. The third-order valence-corrected chi connectivity index (χ3v) is 5.25. The predicted octanol–water partition coefficient (Wildman–Crippen LogP) is 2.72. The van der Waals surface area contributed by atoms with Crippen molar-refractivity contribution < 1.29 is 14.3 Å². The number of ketones is 1. The lowest BCUT2D eigenvalue weighted by Gasteiger charge is -2.26. The molecular formula is C19H16N4O3S. The first-order valence-electron chi connectivity index (χ1n) is 8.69. The van der Waals surface area contributed by atoms with Crippen molar-refractivity contribution >= 4 is 18.0 Å². The van der Waals surface area contributed by atoms with Gasteiger partial charge < -0.3 is 9.47 Å². The summed E-state index contributed by atoms with van der Waals surface area (Å²) in [7, 11) is 0. The molecule has 2 aromatic heterocycles. The minimum atomic E-state index is -0.740. The van der Waals surface area contributed by atoms with Crippen molar-refractivity contribution in [3.8, 4) is 17.1 Å². The second kappa shape index (κ2) is 6.49. The molecular weight excluding hydrogens is 364 g/mol. The van der Waals surface area contributed by atoms with E-state index in [9.17, 15) is 4.79 Å². The minimum absolute atomic E-state index is 0.0737. The third kappa shape index (κ3) is 2.73. The largest absolute Gasteiger partial charge is 0.343 e. The smallest absolute Gasteiger partial charge is 0.218 e. The van der Waals surface area contributed by atoms with Crippen molar-refractivity contribution in [3.63, 3.8) is 0 Å². The number of Topliss-reactive ketones (excluding diaryl/α,β-unsaturated/α-hetero) is 1. The van der Waals surface area contributed by atoms with Crippen molar-refractivity contribution in [2.24, 2.45) is 0 Å². The standard InChI is InChI=1S/C19H16N4O3S/c24-15-10-14(16-11-25-18(15)26-16)23-19(27)22(13-4-2-1-3-5-13)17(21-23)12-6-8-20-9-7-12/h1-9,14,16,18H,10-11H2/t14-,16+,18+/m0/s1. The second-order valence-electron chi connectivity index (χ2n) is 6.54. The van der Waals surface area contributed by atoms with E-state index < -0.39 is 6.29 Å². The van der Waals surface area contributed by atoms with Crippen LogP contribution in [0.2, 0.25) is 0 Å². The summed E-state index contributed by atoms with van der Waals surface area (Å²) in [6.45, 7) is 0.367. The molecule has 136 valence electrons. The molecule has 0 unspecified atom stereocenters. The van der Waals surface area contributed by atoms with Crippen LogP contribution in [0.4, 0.5) is 0 Å². The lowest BCUT2D eigenvalue weighted by atomic mass is 10.0. The highest BCUT2D eigenvalue weighted by atomic mass is 32.1. The number of rotatable bonds is 3. The topological polar surface area (TPSA) is 71.2 Å². The second-order valence-corrected chi connectivity index (χ2v) is 6.90. The number of nitrogens with zero attached hydrogens (tertiary/aromatic N) is 4. The van der Waals surface area contributed by atoms with E-state index in [0.717, 1.165) is 11.3 Å². The molecule has 3 atom stereocenters. The molecule has 4 heterocycles. The van der Waals surface area contributed by atoms with E-state index in [1.807, 2.05) is 47.0 Å². The predicted molar refractivity (Wildman–Crippen MR) is 98.9 cm³/mol. The molecule has 0 radical (unpaired) electrons. The van der Waals surface area contributed by atoms with Crippen LogP contribution in [0.25, 0.3) is 17.1 Å². The van der Waals surface area contributed by atoms with Gasteiger partial charge in [-0.2, -0.15) is 5.10 Å². The van der Waals surface area contributed by atoms with E-state index in [0.29, 0.717) is 23.6 Å². The van der Waals surface area contributed by atoms with Crippen LogP contribution in [0.3, 0.4) is 0 Å². The number of aromatic nitrogens is 4. The number of carbonyl (C=O) groups is 1. The van der Waals surface area contributed by atoms with Crippen LogP contribution in [0.5, 0.6) is 0 Å². The van der Waals surface area contributed by atoms with Gasteiger partial charge in [0.2, 0.25) is 11.1 Å². The zero-order valence-corrected chi connectivity index (χ0v) is 15.1. The average Bonchev–Trinajstić information content (AvgIpc) is 3.29. The Balaban J connectivity index is 1.69. The monoisotopic (exact) mass is 380 g/mol. The molecule has 8 heteroatoms. The zero-order valence-electron chi connectivity index (χ0n) is 14.3. The fourth-order valence-electron chi connectivity index (χ4n) is 3.56. The van der Waals surface area contributed by atoms with Gasteiger partial charge in [0.1, 0.15) is 6.10 Å². The van der Waals surface area contributed by atoms with Crippen LogP contribution < -0.4 is 0 Å². The van der Waals surface area contributed by atoms with E-state index in [1.165, 1.54) is 0 Å². The van der Waals surface area contributed by atoms with Gasteiger partial charge in [-0.05, 0) is 36.5 Å². The number of fused-ring (bicyclic) bond motifs is 2. The highest BCUT2D eigenvalue weighted by Crippen LogP contribution is 2.34. The molecule has 2 saturated heterocycles. The number of para-hydroxylation sites is 1. The maximum Gasteiger partial charge on any atom is 0.218 e. The van der Waals surface area contributed by atoms with Crippen LogP contribution in [0.15, 0.2) is 54.9 Å². The number of carbonyl (C=O) groups excluding carboxylic acids is 1. The van der Waals surface area contributed by atoms with Gasteiger partial charge in [-0.15, -0.1) is 0 Å². The first kappa shape index (κ1) is 16.5. The Morgan fingerprint density at radius 3 is 2.67 bits per heavy atom.